The number of alkyl halides is 3. The van der Waals surface area contributed by atoms with Crippen LogP contribution in [0.5, 0.6) is 5.75 Å². The Balaban J connectivity index is 1.58. The number of benzene rings is 1. The highest BCUT2D eigenvalue weighted by Crippen LogP contribution is 2.33. The number of nitrogens with zero attached hydrogens (tertiary/aromatic N) is 2. The Morgan fingerprint density at radius 2 is 1.92 bits per heavy atom. The van der Waals surface area contributed by atoms with Crippen molar-refractivity contribution in [1.29, 1.82) is 0 Å². The van der Waals surface area contributed by atoms with Crippen LogP contribution in [0.15, 0.2) is 53.7 Å². The smallest absolute Gasteiger partial charge is 0.416 e. The molecule has 2 aromatic heterocycles. The van der Waals surface area contributed by atoms with E-state index in [2.05, 4.69) is 9.97 Å². The average molecular weight is 378 g/mol. The molecule has 2 heterocycles. The van der Waals surface area contributed by atoms with E-state index in [1.807, 2.05) is 25.1 Å². The Bertz CT molecular complexity index is 882. The zero-order valence-electron chi connectivity index (χ0n) is 14.1. The van der Waals surface area contributed by atoms with Crippen LogP contribution >= 0.6 is 11.8 Å². The number of hydrogen-bond acceptors (Lipinski definition) is 4. The van der Waals surface area contributed by atoms with Crippen molar-refractivity contribution < 1.29 is 17.9 Å². The zero-order chi connectivity index (χ0) is 18.6. The van der Waals surface area contributed by atoms with E-state index in [-0.39, 0.29) is 0 Å². The molecule has 0 spiro atoms. The fourth-order valence-corrected chi connectivity index (χ4v) is 3.36. The minimum Gasteiger partial charge on any atom is -0.492 e. The van der Waals surface area contributed by atoms with Crippen LogP contribution in [0, 0.1) is 6.92 Å². The summed E-state index contributed by atoms with van der Waals surface area (Å²) in [6.45, 7) is 2.47. The summed E-state index contributed by atoms with van der Waals surface area (Å²) in [7, 11) is 0. The molecule has 0 fully saturated rings. The van der Waals surface area contributed by atoms with E-state index in [9.17, 15) is 13.2 Å². The van der Waals surface area contributed by atoms with Gasteiger partial charge in [0, 0.05) is 27.9 Å². The van der Waals surface area contributed by atoms with Crippen molar-refractivity contribution in [2.45, 2.75) is 24.4 Å². The van der Waals surface area contributed by atoms with Crippen LogP contribution in [-0.2, 0) is 6.18 Å². The van der Waals surface area contributed by atoms with Gasteiger partial charge in [-0.15, -0.1) is 11.8 Å². The van der Waals surface area contributed by atoms with Crippen LogP contribution in [0.2, 0.25) is 0 Å². The minimum atomic E-state index is -4.36. The number of pyridine rings is 2. The van der Waals surface area contributed by atoms with Gasteiger partial charge < -0.3 is 4.74 Å². The van der Waals surface area contributed by atoms with E-state index in [4.69, 9.17) is 4.74 Å². The topological polar surface area (TPSA) is 35.0 Å². The van der Waals surface area contributed by atoms with Crippen LogP contribution < -0.4 is 4.74 Å². The fourth-order valence-electron chi connectivity index (χ4n) is 2.39. The standard InChI is InChI=1S/C19H17F3N2OS/c1-13-3-5-15(12-24-13)25-9-2-10-26-18-7-8-23-17-11-14(19(20,21)22)4-6-16(17)18/h3-8,11-12H,2,9-10H2,1H3. The quantitative estimate of drug-likeness (QED) is 0.418. The molecule has 0 unspecified atom stereocenters. The molecule has 3 rings (SSSR count). The molecular weight excluding hydrogens is 361 g/mol. The molecule has 0 bridgehead atoms. The Morgan fingerprint density at radius 3 is 2.65 bits per heavy atom. The lowest BCUT2D eigenvalue weighted by molar-refractivity contribution is -0.137. The summed E-state index contributed by atoms with van der Waals surface area (Å²) in [6.07, 6.45) is -0.319. The van der Waals surface area contributed by atoms with E-state index < -0.39 is 11.7 Å². The highest BCUT2D eigenvalue weighted by molar-refractivity contribution is 7.99. The van der Waals surface area contributed by atoms with Gasteiger partial charge in [0.05, 0.1) is 23.9 Å². The minimum absolute atomic E-state index is 0.354. The summed E-state index contributed by atoms with van der Waals surface area (Å²) < 4.78 is 44.1. The van der Waals surface area contributed by atoms with Crippen molar-refractivity contribution in [1.82, 2.24) is 9.97 Å². The number of ether oxygens (including phenoxy) is 1. The van der Waals surface area contributed by atoms with Gasteiger partial charge in [-0.3, -0.25) is 9.97 Å². The molecule has 0 aliphatic rings. The Kier molecular flexibility index (Phi) is 5.66. The largest absolute Gasteiger partial charge is 0.492 e. The number of thioether (sulfide) groups is 1. The van der Waals surface area contributed by atoms with Crippen molar-refractivity contribution >= 4 is 22.7 Å². The maximum absolute atomic E-state index is 12.8. The average Bonchev–Trinajstić information content (AvgIpc) is 2.62. The van der Waals surface area contributed by atoms with Gasteiger partial charge in [0.15, 0.2) is 0 Å². The van der Waals surface area contributed by atoms with Gasteiger partial charge in [-0.1, -0.05) is 6.07 Å². The zero-order valence-corrected chi connectivity index (χ0v) is 14.9. The van der Waals surface area contributed by atoms with Crippen molar-refractivity contribution in [3.8, 4) is 5.75 Å². The van der Waals surface area contributed by atoms with E-state index in [1.165, 1.54) is 6.07 Å². The van der Waals surface area contributed by atoms with Crippen molar-refractivity contribution in [2.24, 2.45) is 0 Å². The second-order valence-electron chi connectivity index (χ2n) is 5.72. The lowest BCUT2D eigenvalue weighted by atomic mass is 10.1. The molecule has 7 heteroatoms. The molecule has 1 aromatic carbocycles. The van der Waals surface area contributed by atoms with E-state index >= 15 is 0 Å². The van der Waals surface area contributed by atoms with Crippen molar-refractivity contribution in [2.75, 3.05) is 12.4 Å². The molecule has 3 nitrogen and oxygen atoms in total. The number of aromatic nitrogens is 2. The second kappa shape index (κ2) is 7.95. The lowest BCUT2D eigenvalue weighted by Crippen LogP contribution is -2.04. The molecule has 3 aromatic rings. The van der Waals surface area contributed by atoms with Crippen LogP contribution in [0.3, 0.4) is 0 Å². The fraction of sp³-hybridized carbons (Fsp3) is 0.263. The normalized spacial score (nSPS) is 11.7. The lowest BCUT2D eigenvalue weighted by Gasteiger charge is -2.10. The molecule has 0 radical (unpaired) electrons. The SMILES string of the molecule is Cc1ccc(OCCCSc2ccnc3cc(C(F)(F)F)ccc23)cn1. The third kappa shape index (κ3) is 4.66. The molecule has 0 atom stereocenters. The summed E-state index contributed by atoms with van der Waals surface area (Å²) in [5.74, 6) is 1.52. The molecule has 26 heavy (non-hydrogen) atoms. The van der Waals surface area contributed by atoms with Gasteiger partial charge in [-0.05, 0) is 43.7 Å². The highest BCUT2D eigenvalue weighted by atomic mass is 32.2. The van der Waals surface area contributed by atoms with E-state index in [0.29, 0.717) is 12.1 Å². The third-order valence-corrected chi connectivity index (χ3v) is 4.89. The number of hydrogen-bond donors (Lipinski definition) is 0. The Labute approximate surface area is 153 Å². The Hall–Kier alpha value is -2.28. The summed E-state index contributed by atoms with van der Waals surface area (Å²) in [4.78, 5) is 9.15. The molecule has 0 saturated carbocycles. The van der Waals surface area contributed by atoms with Gasteiger partial charge in [-0.2, -0.15) is 13.2 Å². The Morgan fingerprint density at radius 1 is 1.08 bits per heavy atom. The summed E-state index contributed by atoms with van der Waals surface area (Å²) >= 11 is 1.58. The first-order valence-electron chi connectivity index (χ1n) is 8.08. The predicted octanol–water partition coefficient (Wildman–Crippen LogP) is 5.52. The van der Waals surface area contributed by atoms with Crippen molar-refractivity contribution in [3.63, 3.8) is 0 Å². The first kappa shape index (κ1) is 18.5. The predicted molar refractivity (Wildman–Crippen MR) is 96.6 cm³/mol. The molecule has 0 aliphatic heterocycles. The van der Waals surface area contributed by atoms with Crippen LogP contribution in [0.1, 0.15) is 17.7 Å². The van der Waals surface area contributed by atoms with E-state index in [0.717, 1.165) is 46.0 Å². The molecular formula is C19H17F3N2OS. The first-order valence-corrected chi connectivity index (χ1v) is 9.06. The summed E-state index contributed by atoms with van der Waals surface area (Å²) in [6, 6.07) is 9.27. The number of rotatable bonds is 6. The van der Waals surface area contributed by atoms with Crippen LogP contribution in [0.4, 0.5) is 13.2 Å². The van der Waals surface area contributed by atoms with Crippen molar-refractivity contribution in [3.05, 3.63) is 60.0 Å². The molecule has 0 amide bonds. The van der Waals surface area contributed by atoms with Gasteiger partial charge in [0.25, 0.3) is 0 Å². The van der Waals surface area contributed by atoms with Crippen LogP contribution in [0.25, 0.3) is 10.9 Å². The van der Waals surface area contributed by atoms with E-state index in [1.54, 1.807) is 24.2 Å². The third-order valence-electron chi connectivity index (χ3n) is 3.73. The van der Waals surface area contributed by atoms with Gasteiger partial charge in [0.1, 0.15) is 5.75 Å². The molecule has 0 N–H and O–H groups in total. The monoisotopic (exact) mass is 378 g/mol. The number of halogens is 3. The maximum atomic E-state index is 12.8. The maximum Gasteiger partial charge on any atom is 0.416 e. The van der Waals surface area contributed by atoms with Gasteiger partial charge in [0.2, 0.25) is 0 Å². The van der Waals surface area contributed by atoms with Crippen LogP contribution in [-0.4, -0.2) is 22.3 Å². The highest BCUT2D eigenvalue weighted by Gasteiger charge is 2.30. The summed E-state index contributed by atoms with van der Waals surface area (Å²) in [5.41, 5.74) is 0.609. The molecule has 136 valence electrons. The first-order chi connectivity index (χ1) is 12.4. The second-order valence-corrected chi connectivity index (χ2v) is 6.86. The summed E-state index contributed by atoms with van der Waals surface area (Å²) in [5, 5.41) is 0.731. The van der Waals surface area contributed by atoms with Gasteiger partial charge in [-0.25, -0.2) is 0 Å². The number of fused-ring (bicyclic) bond motifs is 1. The van der Waals surface area contributed by atoms with Gasteiger partial charge >= 0.3 is 6.18 Å². The number of aryl methyl sites for hydroxylation is 1. The molecule has 0 aliphatic carbocycles. The molecule has 0 saturated heterocycles.